The summed E-state index contributed by atoms with van der Waals surface area (Å²) in [6, 6.07) is 0. The number of esters is 1. The van der Waals surface area contributed by atoms with E-state index < -0.39 is 100 Å². The summed E-state index contributed by atoms with van der Waals surface area (Å²) in [5.74, 6) is -1.64. The molecular weight excluding hydrogens is 608 g/mol. The van der Waals surface area contributed by atoms with Gasteiger partial charge in [0.2, 0.25) is 6.29 Å². The van der Waals surface area contributed by atoms with Crippen LogP contribution in [0.15, 0.2) is 11.6 Å². The van der Waals surface area contributed by atoms with Crippen LogP contribution in [0.4, 0.5) is 0 Å². The molecule has 1 heterocycles. The third-order valence-corrected chi connectivity index (χ3v) is 15.4. The molecule has 8 N–H and O–H groups in total. The lowest BCUT2D eigenvalue weighted by Crippen LogP contribution is -2.71. The van der Waals surface area contributed by atoms with E-state index in [4.69, 9.17) is 9.47 Å². The van der Waals surface area contributed by atoms with E-state index in [2.05, 4.69) is 26.8 Å². The molecule has 4 saturated carbocycles. The maximum Gasteiger partial charge on any atom is 0.315 e. The number of aliphatic hydroxyl groups excluding tert-OH is 7. The molecule has 11 heteroatoms. The van der Waals surface area contributed by atoms with Crippen molar-refractivity contribution in [2.45, 2.75) is 148 Å². The number of rotatable bonds is 3. The number of allylic oxidation sites excluding steroid dienone is 1. The van der Waals surface area contributed by atoms with Gasteiger partial charge in [0.1, 0.15) is 24.4 Å². The van der Waals surface area contributed by atoms with E-state index in [0.717, 1.165) is 5.57 Å². The Bertz CT molecular complexity index is 1280. The van der Waals surface area contributed by atoms with Gasteiger partial charge in [-0.25, -0.2) is 0 Å². The van der Waals surface area contributed by atoms with Crippen LogP contribution < -0.4 is 0 Å². The highest BCUT2D eigenvalue weighted by Gasteiger charge is 2.73. The highest BCUT2D eigenvalue weighted by molar-refractivity contribution is 5.79. The summed E-state index contributed by atoms with van der Waals surface area (Å²) < 4.78 is 11.4. The third kappa shape index (κ3) is 4.60. The first-order chi connectivity index (χ1) is 21.6. The van der Waals surface area contributed by atoms with E-state index in [1.165, 1.54) is 0 Å². The molecule has 5 fully saturated rings. The zero-order valence-corrected chi connectivity index (χ0v) is 29.0. The average molecular weight is 667 g/mol. The Balaban J connectivity index is 1.41. The molecule has 5 aliphatic carbocycles. The number of ether oxygens (including phenoxy) is 2. The summed E-state index contributed by atoms with van der Waals surface area (Å²) in [5, 5.41) is 87.6. The number of hydrogen-bond acceptors (Lipinski definition) is 11. The number of fused-ring (bicyclic) bond motifs is 7. The van der Waals surface area contributed by atoms with Crippen LogP contribution in [-0.4, -0.2) is 108 Å². The fourth-order valence-electron chi connectivity index (χ4n) is 12.6. The van der Waals surface area contributed by atoms with Crippen molar-refractivity contribution in [1.29, 1.82) is 0 Å². The number of aliphatic hydroxyl groups is 8. The standard InChI is InChI=1S/C36H58O11/c1-17-10-11-36(30(44)47-29-25(42)24(41)23(40)21(16-37)46-29)13-12-33(5)18(26(36)35(17,7)45)8-9-22-32(4)14-20(39)28(43)31(2,3)27(32)19(38)15-34(22,33)6/h8,17,19-29,37-43,45H,9-16H2,1-7H3/t17-,19-,20-,21-,22-,23-,24+,25-,26-,27+,28+,29+,32-,33-,34-,35-,36+/m1/s1. The Kier molecular flexibility index (Phi) is 8.48. The summed E-state index contributed by atoms with van der Waals surface area (Å²) in [4.78, 5) is 14.5. The first-order valence-electron chi connectivity index (χ1n) is 17.6. The van der Waals surface area contributed by atoms with E-state index in [9.17, 15) is 45.6 Å². The van der Waals surface area contributed by atoms with Gasteiger partial charge in [-0.2, -0.15) is 0 Å². The highest BCUT2D eigenvalue weighted by atomic mass is 16.7. The van der Waals surface area contributed by atoms with Crippen molar-refractivity contribution < 1.29 is 55.1 Å². The van der Waals surface area contributed by atoms with Crippen LogP contribution in [0.3, 0.4) is 0 Å². The Morgan fingerprint density at radius 3 is 2.21 bits per heavy atom. The summed E-state index contributed by atoms with van der Waals surface area (Å²) in [6.07, 6.45) is -4.87. The van der Waals surface area contributed by atoms with Gasteiger partial charge in [-0.1, -0.05) is 53.2 Å². The van der Waals surface area contributed by atoms with Gasteiger partial charge in [-0.15, -0.1) is 0 Å². The number of carbonyl (C=O) groups is 1. The van der Waals surface area contributed by atoms with Gasteiger partial charge < -0.3 is 50.3 Å². The normalized spacial score (nSPS) is 57.0. The predicted octanol–water partition coefficient (Wildman–Crippen LogP) is 1.40. The quantitative estimate of drug-likeness (QED) is 0.160. The van der Waals surface area contributed by atoms with E-state index >= 15 is 0 Å². The second-order valence-corrected chi connectivity index (χ2v) is 17.8. The lowest BCUT2D eigenvalue weighted by atomic mass is 9.32. The molecule has 47 heavy (non-hydrogen) atoms. The van der Waals surface area contributed by atoms with Gasteiger partial charge in [0.25, 0.3) is 0 Å². The zero-order chi connectivity index (χ0) is 34.9. The molecule has 17 atom stereocenters. The molecular formula is C36H58O11. The van der Waals surface area contributed by atoms with Gasteiger partial charge in [0.05, 0.1) is 35.9 Å². The first-order valence-corrected chi connectivity index (χ1v) is 17.6. The maximum absolute atomic E-state index is 14.5. The lowest BCUT2D eigenvalue weighted by molar-refractivity contribution is -0.299. The van der Waals surface area contributed by atoms with Crippen molar-refractivity contribution in [2.75, 3.05) is 6.61 Å². The second-order valence-electron chi connectivity index (χ2n) is 17.8. The van der Waals surface area contributed by atoms with Crippen molar-refractivity contribution >= 4 is 5.97 Å². The minimum absolute atomic E-state index is 0.0538. The molecule has 0 aromatic rings. The van der Waals surface area contributed by atoms with Crippen molar-refractivity contribution in [1.82, 2.24) is 0 Å². The second kappa shape index (κ2) is 11.2. The van der Waals surface area contributed by atoms with Crippen molar-refractivity contribution in [3.05, 3.63) is 11.6 Å². The topological polar surface area (TPSA) is 197 Å². The van der Waals surface area contributed by atoms with Crippen LogP contribution in [0, 0.1) is 50.7 Å². The molecule has 0 unspecified atom stereocenters. The Morgan fingerprint density at radius 2 is 1.57 bits per heavy atom. The van der Waals surface area contributed by atoms with Crippen LogP contribution in [0.2, 0.25) is 0 Å². The van der Waals surface area contributed by atoms with Crippen LogP contribution in [-0.2, 0) is 14.3 Å². The molecule has 0 aromatic carbocycles. The van der Waals surface area contributed by atoms with Gasteiger partial charge in [0.15, 0.2) is 0 Å². The van der Waals surface area contributed by atoms with Crippen molar-refractivity contribution in [2.24, 2.45) is 50.7 Å². The fourth-order valence-corrected chi connectivity index (χ4v) is 12.6. The van der Waals surface area contributed by atoms with Gasteiger partial charge >= 0.3 is 5.97 Å². The number of carbonyl (C=O) groups excluding carboxylic acids is 1. The summed E-state index contributed by atoms with van der Waals surface area (Å²) in [6.45, 7) is 13.6. The molecule has 0 aromatic heterocycles. The van der Waals surface area contributed by atoms with Gasteiger partial charge in [-0.05, 0) is 91.3 Å². The first kappa shape index (κ1) is 35.7. The van der Waals surface area contributed by atoms with Crippen LogP contribution in [0.25, 0.3) is 0 Å². The molecule has 0 bridgehead atoms. The lowest BCUT2D eigenvalue weighted by Gasteiger charge is -2.72. The molecule has 1 aliphatic heterocycles. The summed E-state index contributed by atoms with van der Waals surface area (Å²) >= 11 is 0. The Labute approximate surface area is 278 Å². The smallest absolute Gasteiger partial charge is 0.315 e. The molecule has 1 saturated heterocycles. The van der Waals surface area contributed by atoms with Crippen LogP contribution in [0.1, 0.15) is 93.4 Å². The molecule has 6 aliphatic rings. The van der Waals surface area contributed by atoms with Crippen molar-refractivity contribution in [3.63, 3.8) is 0 Å². The van der Waals surface area contributed by atoms with Crippen LogP contribution >= 0.6 is 0 Å². The van der Waals surface area contributed by atoms with E-state index in [1.807, 2.05) is 20.8 Å². The molecule has 0 radical (unpaired) electrons. The largest absolute Gasteiger partial charge is 0.432 e. The number of hydrogen-bond donors (Lipinski definition) is 8. The Hall–Kier alpha value is -1.15. The molecule has 6 rings (SSSR count). The molecule has 0 spiro atoms. The molecule has 268 valence electrons. The van der Waals surface area contributed by atoms with Crippen LogP contribution in [0.5, 0.6) is 0 Å². The minimum atomic E-state index is -1.73. The average Bonchev–Trinajstić information content (AvgIpc) is 2.98. The molecule has 0 amide bonds. The maximum atomic E-state index is 14.5. The monoisotopic (exact) mass is 666 g/mol. The zero-order valence-electron chi connectivity index (χ0n) is 29.0. The summed E-state index contributed by atoms with van der Waals surface area (Å²) in [7, 11) is 0. The fraction of sp³-hybridized carbons (Fsp3) is 0.917. The van der Waals surface area contributed by atoms with Gasteiger partial charge in [-0.3, -0.25) is 4.79 Å². The van der Waals surface area contributed by atoms with E-state index in [1.54, 1.807) is 6.92 Å². The summed E-state index contributed by atoms with van der Waals surface area (Å²) in [5.41, 5.74) is -3.71. The van der Waals surface area contributed by atoms with Crippen molar-refractivity contribution in [3.8, 4) is 0 Å². The Morgan fingerprint density at radius 1 is 0.915 bits per heavy atom. The molecule has 11 nitrogen and oxygen atoms in total. The highest BCUT2D eigenvalue weighted by Crippen LogP contribution is 2.76. The van der Waals surface area contributed by atoms with E-state index in [-0.39, 0.29) is 17.8 Å². The van der Waals surface area contributed by atoms with E-state index in [0.29, 0.717) is 44.9 Å². The SMILES string of the molecule is C[C@@H]1CC[C@]2(C(=O)O[C@@H]3O[C@H](CO)[C@@H](O)[C@H](O)[C@H]3O)CC[C@]3(C)C(=CC[C@@H]4[C@@]5(C)C[C@@H](O)[C@H](O)C(C)(C)[C@@H]5[C@H](O)C[C@]43C)[C@@H]2[C@]1(C)O. The third-order valence-electron chi connectivity index (χ3n) is 15.4. The van der Waals surface area contributed by atoms with Gasteiger partial charge in [0, 0.05) is 5.92 Å². The predicted molar refractivity (Wildman–Crippen MR) is 169 cm³/mol. The minimum Gasteiger partial charge on any atom is -0.432 e.